The van der Waals surface area contributed by atoms with Crippen LogP contribution in [0.15, 0.2) is 24.3 Å². The molecule has 0 spiro atoms. The zero-order valence-corrected chi connectivity index (χ0v) is 10.9. The van der Waals surface area contributed by atoms with Gasteiger partial charge in [-0.25, -0.2) is 0 Å². The van der Waals surface area contributed by atoms with Crippen molar-refractivity contribution in [2.24, 2.45) is 0 Å². The lowest BCUT2D eigenvalue weighted by atomic mass is 10.1. The molecule has 0 atom stereocenters. The molecule has 1 radical (unpaired) electrons. The highest BCUT2D eigenvalue weighted by Gasteiger charge is 2.04. The van der Waals surface area contributed by atoms with Gasteiger partial charge in [-0.1, -0.05) is 37.6 Å². The first-order chi connectivity index (χ1) is 6.72. The Morgan fingerprint density at radius 1 is 1.07 bits per heavy atom. The molecule has 1 aromatic carbocycles. The summed E-state index contributed by atoms with van der Waals surface area (Å²) in [6.07, 6.45) is 3.69. The summed E-state index contributed by atoms with van der Waals surface area (Å²) in [6.45, 7) is 2.21. The van der Waals surface area contributed by atoms with Crippen molar-refractivity contribution in [3.63, 3.8) is 0 Å². The highest BCUT2D eigenvalue weighted by molar-refractivity contribution is 7.33. The van der Waals surface area contributed by atoms with Crippen molar-refractivity contribution in [1.82, 2.24) is 0 Å². The van der Waals surface area contributed by atoms with E-state index in [1.807, 2.05) is 0 Å². The molecule has 14 heavy (non-hydrogen) atoms. The Labute approximate surface area is 97.3 Å². The van der Waals surface area contributed by atoms with Crippen LogP contribution in [-0.2, 0) is 12.5 Å². The Balaban J connectivity index is 2.50. The Morgan fingerprint density at radius 2 is 1.64 bits per heavy atom. The quantitative estimate of drug-likeness (QED) is 0.542. The van der Waals surface area contributed by atoms with E-state index in [0.717, 1.165) is 6.04 Å². The summed E-state index contributed by atoms with van der Waals surface area (Å²) >= 11 is 11.6. The number of aryl methyl sites for hydroxylation is 1. The predicted molar refractivity (Wildman–Crippen MR) is 66.2 cm³/mol. The van der Waals surface area contributed by atoms with Crippen LogP contribution >= 0.6 is 22.2 Å². The van der Waals surface area contributed by atoms with Crippen LogP contribution in [0.5, 0.6) is 0 Å². The molecule has 0 saturated heterocycles. The molecule has 0 aliphatic carbocycles. The van der Waals surface area contributed by atoms with Gasteiger partial charge in [0.05, 0.1) is 0 Å². The standard InChI is InChI=1S/C11H15Cl2Si/c1-2-3-4-10-5-7-11(8-6-10)9-14(12)13/h5-8H,2-4,9H2,1H3. The van der Waals surface area contributed by atoms with Crippen LogP contribution in [-0.4, -0.2) is 7.42 Å². The van der Waals surface area contributed by atoms with Gasteiger partial charge in [-0.15, -0.1) is 22.2 Å². The van der Waals surface area contributed by atoms with Crippen LogP contribution in [0.4, 0.5) is 0 Å². The molecule has 77 valence electrons. The average Bonchev–Trinajstić information content (AvgIpc) is 2.16. The van der Waals surface area contributed by atoms with E-state index in [9.17, 15) is 0 Å². The van der Waals surface area contributed by atoms with E-state index in [1.54, 1.807) is 0 Å². The van der Waals surface area contributed by atoms with Crippen LogP contribution in [0.3, 0.4) is 0 Å². The Bertz CT molecular complexity index is 256. The van der Waals surface area contributed by atoms with Gasteiger partial charge in [0.15, 0.2) is 0 Å². The van der Waals surface area contributed by atoms with Gasteiger partial charge in [0.25, 0.3) is 7.42 Å². The molecule has 0 N–H and O–H groups in total. The second-order valence-corrected chi connectivity index (χ2v) is 7.78. The molecule has 1 rings (SSSR count). The van der Waals surface area contributed by atoms with Gasteiger partial charge in [-0.2, -0.15) is 0 Å². The monoisotopic (exact) mass is 245 g/mol. The van der Waals surface area contributed by atoms with Crippen molar-refractivity contribution in [3.05, 3.63) is 35.4 Å². The number of rotatable bonds is 5. The molecule has 0 bridgehead atoms. The third-order valence-corrected chi connectivity index (χ3v) is 3.66. The van der Waals surface area contributed by atoms with Gasteiger partial charge in [0.2, 0.25) is 0 Å². The van der Waals surface area contributed by atoms with Crippen LogP contribution in [0.1, 0.15) is 30.9 Å². The second-order valence-electron chi connectivity index (χ2n) is 3.44. The van der Waals surface area contributed by atoms with Gasteiger partial charge in [0, 0.05) is 0 Å². The predicted octanol–water partition coefficient (Wildman–Crippen LogP) is 4.08. The molecule has 3 heteroatoms. The fourth-order valence-corrected chi connectivity index (χ4v) is 2.83. The number of hydrogen-bond donors (Lipinski definition) is 0. The Hall–Kier alpha value is 0.0169. The number of benzene rings is 1. The number of hydrogen-bond acceptors (Lipinski definition) is 0. The molecular formula is C11H15Cl2Si. The highest BCUT2D eigenvalue weighted by Crippen LogP contribution is 2.11. The molecule has 0 aliphatic rings. The minimum atomic E-state index is -1.17. The largest absolute Gasteiger partial charge is 0.278 e. The highest BCUT2D eigenvalue weighted by atomic mass is 35.7. The van der Waals surface area contributed by atoms with Gasteiger partial charge >= 0.3 is 0 Å². The zero-order valence-electron chi connectivity index (χ0n) is 8.39. The van der Waals surface area contributed by atoms with E-state index in [0.29, 0.717) is 0 Å². The van der Waals surface area contributed by atoms with Crippen molar-refractivity contribution in [3.8, 4) is 0 Å². The molecular weight excluding hydrogens is 231 g/mol. The number of unbranched alkanes of at least 4 members (excludes halogenated alkanes) is 1. The summed E-state index contributed by atoms with van der Waals surface area (Å²) < 4.78 is 0. The van der Waals surface area contributed by atoms with Crippen LogP contribution < -0.4 is 0 Å². The summed E-state index contributed by atoms with van der Waals surface area (Å²) in [7, 11) is -1.17. The lowest BCUT2D eigenvalue weighted by Gasteiger charge is -2.03. The summed E-state index contributed by atoms with van der Waals surface area (Å²) in [6, 6.07) is 9.48. The van der Waals surface area contributed by atoms with E-state index in [1.165, 1.54) is 30.4 Å². The lowest BCUT2D eigenvalue weighted by Crippen LogP contribution is -1.99. The molecule has 0 amide bonds. The normalized spacial score (nSPS) is 10.9. The van der Waals surface area contributed by atoms with Crippen LogP contribution in [0.25, 0.3) is 0 Å². The van der Waals surface area contributed by atoms with Crippen molar-refractivity contribution in [1.29, 1.82) is 0 Å². The lowest BCUT2D eigenvalue weighted by molar-refractivity contribution is 0.795. The minimum Gasteiger partial charge on any atom is -0.146 e. The maximum Gasteiger partial charge on any atom is 0.278 e. The number of halogens is 2. The average molecular weight is 246 g/mol. The van der Waals surface area contributed by atoms with Gasteiger partial charge in [-0.05, 0) is 30.0 Å². The van der Waals surface area contributed by atoms with Gasteiger partial charge < -0.3 is 0 Å². The van der Waals surface area contributed by atoms with E-state index in [-0.39, 0.29) is 0 Å². The third kappa shape index (κ3) is 4.49. The maximum atomic E-state index is 5.80. The molecule has 0 nitrogen and oxygen atoms in total. The van der Waals surface area contributed by atoms with Crippen LogP contribution in [0, 0.1) is 0 Å². The molecule has 0 aromatic heterocycles. The molecule has 0 fully saturated rings. The summed E-state index contributed by atoms with van der Waals surface area (Å²) in [4.78, 5) is 0. The molecule has 1 aromatic rings. The van der Waals surface area contributed by atoms with Crippen molar-refractivity contribution < 1.29 is 0 Å². The molecule has 0 aliphatic heterocycles. The van der Waals surface area contributed by atoms with E-state index in [2.05, 4.69) is 31.2 Å². The summed E-state index contributed by atoms with van der Waals surface area (Å²) in [5, 5.41) is 0. The van der Waals surface area contributed by atoms with E-state index >= 15 is 0 Å². The summed E-state index contributed by atoms with van der Waals surface area (Å²) in [5.74, 6) is 0. The zero-order chi connectivity index (χ0) is 10.4. The topological polar surface area (TPSA) is 0 Å². The first kappa shape index (κ1) is 12.1. The van der Waals surface area contributed by atoms with Gasteiger partial charge in [-0.3, -0.25) is 0 Å². The van der Waals surface area contributed by atoms with E-state index < -0.39 is 7.42 Å². The van der Waals surface area contributed by atoms with Gasteiger partial charge in [0.1, 0.15) is 0 Å². The van der Waals surface area contributed by atoms with Crippen molar-refractivity contribution in [2.45, 2.75) is 32.2 Å². The first-order valence-electron chi connectivity index (χ1n) is 4.97. The van der Waals surface area contributed by atoms with Crippen LogP contribution in [0.2, 0.25) is 0 Å². The third-order valence-electron chi connectivity index (χ3n) is 2.18. The molecule has 0 unspecified atom stereocenters. The second kappa shape index (κ2) is 6.49. The fourth-order valence-electron chi connectivity index (χ4n) is 1.36. The fraction of sp³-hybridized carbons (Fsp3) is 0.455. The Kier molecular flexibility index (Phi) is 5.60. The van der Waals surface area contributed by atoms with Crippen molar-refractivity contribution >= 4 is 29.6 Å². The van der Waals surface area contributed by atoms with E-state index in [4.69, 9.17) is 22.2 Å². The smallest absolute Gasteiger partial charge is 0.146 e. The SMILES string of the molecule is CCCCc1ccc(C[Si](Cl)Cl)cc1. The van der Waals surface area contributed by atoms with Crippen molar-refractivity contribution in [2.75, 3.05) is 0 Å². The Morgan fingerprint density at radius 3 is 2.14 bits per heavy atom. The first-order valence-corrected chi connectivity index (χ1v) is 8.70. The summed E-state index contributed by atoms with van der Waals surface area (Å²) in [5.41, 5.74) is 2.66. The molecule has 0 saturated carbocycles. The maximum absolute atomic E-state index is 5.80. The molecule has 0 heterocycles. The minimum absolute atomic E-state index is 0.835.